The van der Waals surface area contributed by atoms with Gasteiger partial charge in [0.1, 0.15) is 16.7 Å². The molecule has 0 amide bonds. The highest BCUT2D eigenvalue weighted by Gasteiger charge is 2.11. The van der Waals surface area contributed by atoms with Crippen LogP contribution in [0.5, 0.6) is 0 Å². The molecule has 4 aromatic heterocycles. The lowest BCUT2D eigenvalue weighted by Crippen LogP contribution is -1.93. The van der Waals surface area contributed by atoms with Crippen molar-refractivity contribution in [3.8, 4) is 11.3 Å². The van der Waals surface area contributed by atoms with Crippen LogP contribution in [0.3, 0.4) is 0 Å². The molecule has 0 atom stereocenters. The van der Waals surface area contributed by atoms with Crippen molar-refractivity contribution in [1.82, 2.24) is 33.3 Å². The minimum Gasteiger partial charge on any atom is -0.323 e. The van der Waals surface area contributed by atoms with Gasteiger partial charge in [0.25, 0.3) is 0 Å². The van der Waals surface area contributed by atoms with Gasteiger partial charge in [-0.2, -0.15) is 13.7 Å². The Balaban J connectivity index is 1.56. The quantitative estimate of drug-likeness (QED) is 0.537. The number of pyridine rings is 1. The van der Waals surface area contributed by atoms with Gasteiger partial charge in [0.15, 0.2) is 5.65 Å². The number of hydrogen-bond acceptors (Lipinski definition) is 8. The number of nitrogens with zero attached hydrogens (tertiary/aromatic N) is 7. The van der Waals surface area contributed by atoms with E-state index in [0.717, 1.165) is 28.0 Å². The summed E-state index contributed by atoms with van der Waals surface area (Å²) in [4.78, 5) is 13.1. The van der Waals surface area contributed by atoms with E-state index in [1.807, 2.05) is 30.3 Å². The van der Waals surface area contributed by atoms with E-state index in [0.29, 0.717) is 11.6 Å². The number of rotatable bonds is 3. The molecule has 1 N–H and O–H groups in total. The van der Waals surface area contributed by atoms with Gasteiger partial charge >= 0.3 is 0 Å². The van der Waals surface area contributed by atoms with Crippen molar-refractivity contribution in [3.05, 3.63) is 55.1 Å². The highest BCUT2D eigenvalue weighted by molar-refractivity contribution is 7.00. The van der Waals surface area contributed by atoms with Crippen LogP contribution >= 0.6 is 11.7 Å². The summed E-state index contributed by atoms with van der Waals surface area (Å²) in [6.07, 6.45) is 6.94. The second-order valence-corrected chi connectivity index (χ2v) is 5.84. The van der Waals surface area contributed by atoms with Crippen molar-refractivity contribution in [2.75, 3.05) is 5.32 Å². The first kappa shape index (κ1) is 13.9. The fourth-order valence-corrected chi connectivity index (χ4v) is 3.08. The maximum Gasteiger partial charge on any atom is 0.247 e. The molecule has 0 saturated heterocycles. The molecule has 0 unspecified atom stereocenters. The molecular formula is C16H10N8S. The number of hydrogen-bond donors (Lipinski definition) is 1. The monoisotopic (exact) mass is 346 g/mol. The van der Waals surface area contributed by atoms with Crippen LogP contribution in [0.1, 0.15) is 0 Å². The fraction of sp³-hybridized carbons (Fsp3) is 0. The topological polar surface area (TPSA) is 93.8 Å². The van der Waals surface area contributed by atoms with Crippen LogP contribution in [-0.4, -0.2) is 33.3 Å². The summed E-state index contributed by atoms with van der Waals surface area (Å²) in [5, 5.41) is 7.67. The Hall–Kier alpha value is -3.46. The Bertz CT molecular complexity index is 1180. The van der Waals surface area contributed by atoms with Gasteiger partial charge < -0.3 is 5.32 Å². The molecule has 0 saturated carbocycles. The summed E-state index contributed by atoms with van der Waals surface area (Å²) in [6.45, 7) is 0. The van der Waals surface area contributed by atoms with Crippen LogP contribution in [0.2, 0.25) is 0 Å². The average molecular weight is 346 g/mol. The average Bonchev–Trinajstić information content (AvgIpc) is 3.27. The minimum atomic E-state index is 0.487. The van der Waals surface area contributed by atoms with Crippen LogP contribution in [0.25, 0.3) is 27.9 Å². The van der Waals surface area contributed by atoms with Crippen molar-refractivity contribution in [2.24, 2.45) is 0 Å². The smallest absolute Gasteiger partial charge is 0.247 e. The normalized spacial score (nSPS) is 11.2. The summed E-state index contributed by atoms with van der Waals surface area (Å²) >= 11 is 1.19. The Labute approximate surface area is 145 Å². The van der Waals surface area contributed by atoms with Gasteiger partial charge in [0, 0.05) is 36.0 Å². The Morgan fingerprint density at radius 2 is 2.00 bits per heavy atom. The third kappa shape index (κ3) is 2.46. The highest BCUT2D eigenvalue weighted by atomic mass is 32.1. The van der Waals surface area contributed by atoms with E-state index in [4.69, 9.17) is 0 Å². The van der Waals surface area contributed by atoms with Crippen LogP contribution in [0.4, 0.5) is 11.6 Å². The van der Waals surface area contributed by atoms with Crippen LogP contribution in [0, 0.1) is 0 Å². The third-order valence-electron chi connectivity index (χ3n) is 3.70. The molecule has 25 heavy (non-hydrogen) atoms. The van der Waals surface area contributed by atoms with E-state index in [1.54, 1.807) is 29.3 Å². The standard InChI is InChI=1S/C16H10N8S/c1-2-10(9-17-5-1)14-15-20-16(21-24(15)7-6-18-14)19-11-3-4-12-13(8-11)23-25-22-12/h1-9H,(H,19,21). The first-order chi connectivity index (χ1) is 12.4. The molecule has 8 nitrogen and oxygen atoms in total. The molecule has 0 aliphatic heterocycles. The molecular weight excluding hydrogens is 336 g/mol. The van der Waals surface area contributed by atoms with E-state index < -0.39 is 0 Å². The Morgan fingerprint density at radius 1 is 1.04 bits per heavy atom. The molecule has 0 aliphatic carbocycles. The number of fused-ring (bicyclic) bond motifs is 2. The van der Waals surface area contributed by atoms with Crippen molar-refractivity contribution in [3.63, 3.8) is 0 Å². The highest BCUT2D eigenvalue weighted by Crippen LogP contribution is 2.23. The van der Waals surface area contributed by atoms with Crippen LogP contribution in [-0.2, 0) is 0 Å². The molecule has 0 radical (unpaired) electrons. The van der Waals surface area contributed by atoms with E-state index in [-0.39, 0.29) is 0 Å². The second kappa shape index (κ2) is 5.56. The predicted octanol–water partition coefficient (Wildman–Crippen LogP) is 2.93. The van der Waals surface area contributed by atoms with Gasteiger partial charge in [-0.25, -0.2) is 4.52 Å². The molecule has 120 valence electrons. The summed E-state index contributed by atoms with van der Waals surface area (Å²) in [5.74, 6) is 0.487. The van der Waals surface area contributed by atoms with Gasteiger partial charge in [0.2, 0.25) is 5.95 Å². The Morgan fingerprint density at radius 3 is 2.92 bits per heavy atom. The summed E-state index contributed by atoms with van der Waals surface area (Å²) < 4.78 is 10.1. The predicted molar refractivity (Wildman–Crippen MR) is 94.7 cm³/mol. The van der Waals surface area contributed by atoms with E-state index in [1.165, 1.54) is 11.7 Å². The van der Waals surface area contributed by atoms with Gasteiger partial charge in [-0.15, -0.1) is 5.10 Å². The fourth-order valence-electron chi connectivity index (χ4n) is 2.57. The first-order valence-corrected chi connectivity index (χ1v) is 8.21. The maximum absolute atomic E-state index is 4.57. The van der Waals surface area contributed by atoms with Gasteiger partial charge in [-0.05, 0) is 30.3 Å². The SMILES string of the molecule is c1cncc(-c2nccn3nc(Nc4ccc5nsnc5c4)nc23)c1. The summed E-state index contributed by atoms with van der Waals surface area (Å²) in [6, 6.07) is 9.58. The molecule has 5 rings (SSSR count). The molecule has 0 fully saturated rings. The molecule has 5 aromatic rings. The molecule has 0 aliphatic rings. The van der Waals surface area contributed by atoms with Gasteiger partial charge in [-0.1, -0.05) is 0 Å². The van der Waals surface area contributed by atoms with E-state index in [2.05, 4.69) is 34.1 Å². The number of benzene rings is 1. The molecule has 0 spiro atoms. The lowest BCUT2D eigenvalue weighted by Gasteiger charge is -2.00. The Kier molecular flexibility index (Phi) is 3.10. The van der Waals surface area contributed by atoms with E-state index >= 15 is 0 Å². The van der Waals surface area contributed by atoms with Crippen molar-refractivity contribution < 1.29 is 0 Å². The van der Waals surface area contributed by atoms with Crippen molar-refractivity contribution in [2.45, 2.75) is 0 Å². The van der Waals surface area contributed by atoms with Gasteiger partial charge in [-0.3, -0.25) is 9.97 Å². The lowest BCUT2D eigenvalue weighted by molar-refractivity contribution is 0.951. The largest absolute Gasteiger partial charge is 0.323 e. The lowest BCUT2D eigenvalue weighted by atomic mass is 10.2. The second-order valence-electron chi connectivity index (χ2n) is 5.31. The number of aromatic nitrogens is 7. The zero-order chi connectivity index (χ0) is 16.6. The maximum atomic E-state index is 4.57. The minimum absolute atomic E-state index is 0.487. The summed E-state index contributed by atoms with van der Waals surface area (Å²) in [7, 11) is 0. The molecule has 4 heterocycles. The zero-order valence-corrected chi connectivity index (χ0v) is 13.6. The summed E-state index contributed by atoms with van der Waals surface area (Å²) in [5.41, 5.74) is 4.86. The zero-order valence-electron chi connectivity index (χ0n) is 12.7. The third-order valence-corrected chi connectivity index (χ3v) is 4.26. The molecule has 9 heteroatoms. The molecule has 1 aromatic carbocycles. The van der Waals surface area contributed by atoms with Crippen LogP contribution in [0.15, 0.2) is 55.1 Å². The van der Waals surface area contributed by atoms with Gasteiger partial charge in [0.05, 0.1) is 11.7 Å². The molecule has 0 bridgehead atoms. The number of nitrogens with one attached hydrogen (secondary N) is 1. The van der Waals surface area contributed by atoms with Crippen molar-refractivity contribution >= 4 is 40.0 Å². The van der Waals surface area contributed by atoms with Crippen LogP contribution < -0.4 is 5.32 Å². The van der Waals surface area contributed by atoms with Crippen molar-refractivity contribution in [1.29, 1.82) is 0 Å². The first-order valence-electron chi connectivity index (χ1n) is 7.48. The van der Waals surface area contributed by atoms with E-state index in [9.17, 15) is 0 Å². The number of anilines is 2.